The van der Waals surface area contributed by atoms with Crippen LogP contribution in [0.15, 0.2) is 6.07 Å². The molecule has 0 unspecified atom stereocenters. The molecule has 1 aromatic carbocycles. The molecule has 1 aromatic rings. The highest BCUT2D eigenvalue weighted by molar-refractivity contribution is 5.81. The fourth-order valence-corrected chi connectivity index (χ4v) is 0.882. The van der Waals surface area contributed by atoms with Crippen molar-refractivity contribution in [3.63, 3.8) is 0 Å². The molecular formula is C8H8O4. The van der Waals surface area contributed by atoms with E-state index in [1.807, 2.05) is 0 Å². The SMILES string of the molecule is Cc1c(C=O)cc(O)c(O)c1O. The van der Waals surface area contributed by atoms with Crippen molar-refractivity contribution in [1.29, 1.82) is 0 Å². The molecule has 64 valence electrons. The Morgan fingerprint density at radius 3 is 2.33 bits per heavy atom. The summed E-state index contributed by atoms with van der Waals surface area (Å²) in [6.45, 7) is 1.47. The van der Waals surface area contributed by atoms with Crippen molar-refractivity contribution >= 4 is 6.29 Å². The van der Waals surface area contributed by atoms with Gasteiger partial charge in [-0.15, -0.1) is 0 Å². The second-order valence-electron chi connectivity index (χ2n) is 2.42. The third kappa shape index (κ3) is 1.07. The van der Waals surface area contributed by atoms with Gasteiger partial charge in [0.25, 0.3) is 0 Å². The van der Waals surface area contributed by atoms with Crippen LogP contribution in [0.3, 0.4) is 0 Å². The van der Waals surface area contributed by atoms with Crippen molar-refractivity contribution in [2.24, 2.45) is 0 Å². The van der Waals surface area contributed by atoms with E-state index in [4.69, 9.17) is 15.3 Å². The van der Waals surface area contributed by atoms with Gasteiger partial charge in [-0.1, -0.05) is 0 Å². The molecule has 0 saturated heterocycles. The lowest BCUT2D eigenvalue weighted by Crippen LogP contribution is -1.87. The average molecular weight is 168 g/mol. The van der Waals surface area contributed by atoms with E-state index >= 15 is 0 Å². The molecule has 0 aliphatic rings. The zero-order valence-corrected chi connectivity index (χ0v) is 6.40. The van der Waals surface area contributed by atoms with E-state index in [-0.39, 0.29) is 11.1 Å². The number of phenols is 3. The summed E-state index contributed by atoms with van der Waals surface area (Å²) in [6, 6.07) is 1.09. The van der Waals surface area contributed by atoms with Crippen LogP contribution < -0.4 is 0 Å². The summed E-state index contributed by atoms with van der Waals surface area (Å²) in [6.07, 6.45) is 0.494. The highest BCUT2D eigenvalue weighted by atomic mass is 16.3. The summed E-state index contributed by atoms with van der Waals surface area (Å²) >= 11 is 0. The number of carbonyl (C=O) groups is 1. The smallest absolute Gasteiger partial charge is 0.200 e. The Hall–Kier alpha value is -1.71. The zero-order chi connectivity index (χ0) is 9.30. The molecule has 0 heterocycles. The largest absolute Gasteiger partial charge is 0.504 e. The predicted octanol–water partition coefficient (Wildman–Crippen LogP) is 0.924. The van der Waals surface area contributed by atoms with Gasteiger partial charge in [0.15, 0.2) is 17.8 Å². The first-order valence-corrected chi connectivity index (χ1v) is 3.27. The molecule has 4 nitrogen and oxygen atoms in total. The minimum absolute atomic E-state index is 0.155. The monoisotopic (exact) mass is 168 g/mol. The number of benzene rings is 1. The molecule has 4 heteroatoms. The Kier molecular flexibility index (Phi) is 1.91. The van der Waals surface area contributed by atoms with Crippen LogP contribution in [0, 0.1) is 6.92 Å². The highest BCUT2D eigenvalue weighted by Crippen LogP contribution is 2.38. The molecule has 0 aromatic heterocycles. The van der Waals surface area contributed by atoms with Crippen LogP contribution in [0.5, 0.6) is 17.2 Å². The summed E-state index contributed by atoms with van der Waals surface area (Å²) in [5.74, 6) is -1.56. The number of hydrogen-bond donors (Lipinski definition) is 3. The van der Waals surface area contributed by atoms with E-state index in [1.54, 1.807) is 0 Å². The van der Waals surface area contributed by atoms with Gasteiger partial charge in [-0.2, -0.15) is 0 Å². The fraction of sp³-hybridized carbons (Fsp3) is 0.125. The first-order chi connectivity index (χ1) is 5.57. The van der Waals surface area contributed by atoms with Crippen LogP contribution >= 0.6 is 0 Å². The van der Waals surface area contributed by atoms with Crippen molar-refractivity contribution < 1.29 is 20.1 Å². The van der Waals surface area contributed by atoms with Crippen LogP contribution in [-0.2, 0) is 0 Å². The van der Waals surface area contributed by atoms with Gasteiger partial charge < -0.3 is 15.3 Å². The van der Waals surface area contributed by atoms with Gasteiger partial charge in [-0.25, -0.2) is 0 Å². The molecule has 0 amide bonds. The second-order valence-corrected chi connectivity index (χ2v) is 2.42. The summed E-state index contributed by atoms with van der Waals surface area (Å²) < 4.78 is 0. The molecule has 0 fully saturated rings. The van der Waals surface area contributed by atoms with Crippen molar-refractivity contribution in [3.05, 3.63) is 17.2 Å². The van der Waals surface area contributed by atoms with E-state index in [0.717, 1.165) is 6.07 Å². The van der Waals surface area contributed by atoms with Gasteiger partial charge in [0.1, 0.15) is 0 Å². The number of phenolic OH excluding ortho intramolecular Hbond substituents is 3. The maximum absolute atomic E-state index is 10.3. The van der Waals surface area contributed by atoms with Gasteiger partial charge in [0.2, 0.25) is 5.75 Å². The molecular weight excluding hydrogens is 160 g/mol. The van der Waals surface area contributed by atoms with Crippen LogP contribution in [0.1, 0.15) is 15.9 Å². The quantitative estimate of drug-likeness (QED) is 0.430. The molecule has 3 N–H and O–H groups in total. The topological polar surface area (TPSA) is 77.8 Å². The van der Waals surface area contributed by atoms with Crippen molar-refractivity contribution in [1.82, 2.24) is 0 Å². The Morgan fingerprint density at radius 2 is 1.83 bits per heavy atom. The Morgan fingerprint density at radius 1 is 1.25 bits per heavy atom. The number of rotatable bonds is 1. The standard InChI is InChI=1S/C8H8O4/c1-4-5(3-9)2-6(10)8(12)7(4)11/h2-3,10-12H,1H3. The molecule has 0 aliphatic heterocycles. The molecule has 0 bridgehead atoms. The van der Waals surface area contributed by atoms with E-state index in [2.05, 4.69) is 0 Å². The van der Waals surface area contributed by atoms with Crippen LogP contribution in [0.2, 0.25) is 0 Å². The molecule has 1 rings (SSSR count). The number of aromatic hydroxyl groups is 3. The first kappa shape index (κ1) is 8.39. The molecule has 0 atom stereocenters. The number of aldehydes is 1. The van der Waals surface area contributed by atoms with Crippen LogP contribution in [0.4, 0.5) is 0 Å². The Labute approximate surface area is 68.7 Å². The maximum Gasteiger partial charge on any atom is 0.200 e. The molecule has 0 radical (unpaired) electrons. The van der Waals surface area contributed by atoms with Crippen molar-refractivity contribution in [2.45, 2.75) is 6.92 Å². The second kappa shape index (κ2) is 2.73. The number of carbonyl (C=O) groups excluding carboxylic acids is 1. The van der Waals surface area contributed by atoms with Crippen LogP contribution in [0.25, 0.3) is 0 Å². The van der Waals surface area contributed by atoms with E-state index in [0.29, 0.717) is 6.29 Å². The first-order valence-electron chi connectivity index (χ1n) is 3.27. The number of hydrogen-bond acceptors (Lipinski definition) is 4. The summed E-state index contributed by atoms with van der Waals surface area (Å²) in [5, 5.41) is 27.1. The molecule has 12 heavy (non-hydrogen) atoms. The van der Waals surface area contributed by atoms with Crippen molar-refractivity contribution in [2.75, 3.05) is 0 Å². The molecule has 0 saturated carbocycles. The predicted molar refractivity (Wildman–Crippen MR) is 41.6 cm³/mol. The Bertz CT molecular complexity index is 330. The van der Waals surface area contributed by atoms with E-state index < -0.39 is 17.2 Å². The van der Waals surface area contributed by atoms with Gasteiger partial charge in [-0.05, 0) is 13.0 Å². The lowest BCUT2D eigenvalue weighted by atomic mass is 10.1. The normalized spacial score (nSPS) is 9.75. The van der Waals surface area contributed by atoms with E-state index in [9.17, 15) is 4.79 Å². The Balaban J connectivity index is 3.49. The maximum atomic E-state index is 10.3. The molecule has 0 spiro atoms. The molecule has 0 aliphatic carbocycles. The average Bonchev–Trinajstić information content (AvgIpc) is 2.08. The zero-order valence-electron chi connectivity index (χ0n) is 6.40. The highest BCUT2D eigenvalue weighted by Gasteiger charge is 2.12. The summed E-state index contributed by atoms with van der Waals surface area (Å²) in [4.78, 5) is 10.3. The van der Waals surface area contributed by atoms with Gasteiger partial charge >= 0.3 is 0 Å². The summed E-state index contributed by atoms with van der Waals surface area (Å²) in [5.41, 5.74) is 0.406. The van der Waals surface area contributed by atoms with Gasteiger partial charge in [0.05, 0.1) is 0 Å². The third-order valence-electron chi connectivity index (χ3n) is 1.67. The fourth-order valence-electron chi connectivity index (χ4n) is 0.882. The minimum Gasteiger partial charge on any atom is -0.504 e. The third-order valence-corrected chi connectivity index (χ3v) is 1.67. The van der Waals surface area contributed by atoms with Gasteiger partial charge in [0, 0.05) is 11.1 Å². The lowest BCUT2D eigenvalue weighted by Gasteiger charge is -2.05. The lowest BCUT2D eigenvalue weighted by molar-refractivity contribution is 0.112. The van der Waals surface area contributed by atoms with Crippen LogP contribution in [-0.4, -0.2) is 21.6 Å². The van der Waals surface area contributed by atoms with E-state index in [1.165, 1.54) is 6.92 Å². The van der Waals surface area contributed by atoms with Crippen molar-refractivity contribution in [3.8, 4) is 17.2 Å². The minimum atomic E-state index is -0.599. The summed E-state index contributed by atoms with van der Waals surface area (Å²) in [7, 11) is 0. The van der Waals surface area contributed by atoms with Gasteiger partial charge in [-0.3, -0.25) is 4.79 Å².